The Hall–Kier alpha value is -2.39. The van der Waals surface area contributed by atoms with E-state index in [2.05, 4.69) is 9.97 Å². The number of Topliss-reactive ketones (excluding diaryl/α,β-unsaturated/α-hetero) is 1. The van der Waals surface area contributed by atoms with Crippen molar-refractivity contribution in [3.05, 3.63) is 91.6 Å². The summed E-state index contributed by atoms with van der Waals surface area (Å²) in [6, 6.07) is 18.6. The van der Waals surface area contributed by atoms with Crippen LogP contribution < -0.4 is 17.0 Å². The molecule has 0 aliphatic carbocycles. The Balaban J connectivity index is 0.000000558. The van der Waals surface area contributed by atoms with Gasteiger partial charge in [-0.15, -0.1) is 0 Å². The van der Waals surface area contributed by atoms with Crippen LogP contribution in [0, 0.1) is 7.43 Å². The number of halogens is 1. The van der Waals surface area contributed by atoms with Crippen molar-refractivity contribution in [3.8, 4) is 0 Å². The molecule has 0 bridgehead atoms. The molecule has 2 aromatic heterocycles. The van der Waals surface area contributed by atoms with Gasteiger partial charge in [0.2, 0.25) is 0 Å². The minimum absolute atomic E-state index is 0. The van der Waals surface area contributed by atoms with Gasteiger partial charge in [-0.1, -0.05) is 36.4 Å². The molecule has 0 aliphatic rings. The summed E-state index contributed by atoms with van der Waals surface area (Å²) in [6.07, 6.45) is 3.29. The van der Waals surface area contributed by atoms with Crippen molar-refractivity contribution in [1.82, 2.24) is 15.0 Å². The van der Waals surface area contributed by atoms with Crippen molar-refractivity contribution < 1.29 is 31.4 Å². The van der Waals surface area contributed by atoms with Gasteiger partial charge >= 0.3 is 23.1 Å². The molecule has 8 heteroatoms. The van der Waals surface area contributed by atoms with Crippen molar-refractivity contribution in [2.75, 3.05) is 14.2 Å². The largest absolute Gasteiger partial charge is 2.00 e. The van der Waals surface area contributed by atoms with Crippen molar-refractivity contribution in [3.63, 3.8) is 0 Å². The molecule has 0 radical (unpaired) electrons. The van der Waals surface area contributed by atoms with E-state index < -0.39 is 0 Å². The van der Waals surface area contributed by atoms with Gasteiger partial charge in [-0.05, 0) is 31.2 Å². The maximum atomic E-state index is 12.0. The summed E-state index contributed by atoms with van der Waals surface area (Å²) >= 11 is 0. The van der Waals surface area contributed by atoms with E-state index >= 15 is 0 Å². The maximum Gasteiger partial charge on any atom is 2.00 e. The zero-order valence-corrected chi connectivity index (χ0v) is 21.6. The van der Waals surface area contributed by atoms with Crippen LogP contribution in [0.4, 0.5) is 0 Å². The van der Waals surface area contributed by atoms with Crippen LogP contribution >= 0.6 is 0 Å². The van der Waals surface area contributed by atoms with Gasteiger partial charge in [-0.3, -0.25) is 24.4 Å². The van der Waals surface area contributed by atoms with Crippen LogP contribution in [0.2, 0.25) is 0 Å². The first-order chi connectivity index (χ1) is 14.0. The summed E-state index contributed by atoms with van der Waals surface area (Å²) in [4.78, 5) is 36.4. The molecule has 162 valence electrons. The van der Waals surface area contributed by atoms with Gasteiger partial charge in [0.15, 0.2) is 5.78 Å². The van der Waals surface area contributed by atoms with Crippen molar-refractivity contribution in [1.29, 1.82) is 0 Å². The second-order valence-corrected chi connectivity index (χ2v) is 6.29. The monoisotopic (exact) mass is 505 g/mol. The summed E-state index contributed by atoms with van der Waals surface area (Å²) in [5.41, 5.74) is 3.01. The van der Waals surface area contributed by atoms with E-state index in [0.717, 1.165) is 27.4 Å². The zero-order valence-electron chi connectivity index (χ0n) is 18.6. The Kier molecular flexibility index (Phi) is 12.9. The van der Waals surface area contributed by atoms with Crippen LogP contribution in [0.25, 0.3) is 21.8 Å². The number of fused-ring (bicyclic) bond motifs is 2. The van der Waals surface area contributed by atoms with E-state index in [-0.39, 0.29) is 59.2 Å². The third kappa shape index (κ3) is 6.80. The van der Waals surface area contributed by atoms with Crippen molar-refractivity contribution in [2.45, 2.75) is 6.92 Å². The third-order valence-corrected chi connectivity index (χ3v) is 4.47. The van der Waals surface area contributed by atoms with Crippen molar-refractivity contribution >= 4 is 56.5 Å². The standard InChI is InChI=1S/C12H12N2O2.C11H9NO.CH3.BrH.Mg/c1-14(16-2)12(15)10-7-8-13-11-6-4-3-5-9(10)11;1-8(13)9-6-7-12-11-5-3-2-4-10(9)11;;;/h3-8H,1-2H3;2-7H,1H3;1H3;1H;/q;;-1;;+2/p-1. The smallest absolute Gasteiger partial charge is 1.00 e. The number of ketones is 1. The molecule has 6 nitrogen and oxygen atoms in total. The Labute approximate surface area is 214 Å². The Morgan fingerprint density at radius 3 is 1.72 bits per heavy atom. The summed E-state index contributed by atoms with van der Waals surface area (Å²) in [5.74, 6) is -0.0975. The number of para-hydroxylation sites is 2. The fraction of sp³-hybridized carbons (Fsp3) is 0.125. The van der Waals surface area contributed by atoms with Gasteiger partial charge < -0.3 is 24.4 Å². The minimum Gasteiger partial charge on any atom is -1.00 e. The molecular formula is C24H24BrMgN3O3. The number of benzene rings is 2. The first-order valence-corrected chi connectivity index (χ1v) is 9.03. The van der Waals surface area contributed by atoms with Gasteiger partial charge in [0, 0.05) is 35.8 Å². The van der Waals surface area contributed by atoms with Gasteiger partial charge in [0.1, 0.15) is 0 Å². The summed E-state index contributed by atoms with van der Waals surface area (Å²) in [7, 11) is 3.04. The Bertz CT molecular complexity index is 1180. The van der Waals surface area contributed by atoms with E-state index in [4.69, 9.17) is 4.84 Å². The van der Waals surface area contributed by atoms with Crippen LogP contribution in [0.1, 0.15) is 27.6 Å². The van der Waals surface area contributed by atoms with Crippen LogP contribution in [-0.4, -0.2) is 63.9 Å². The summed E-state index contributed by atoms with van der Waals surface area (Å²) in [5, 5.41) is 2.96. The molecule has 32 heavy (non-hydrogen) atoms. The van der Waals surface area contributed by atoms with Crippen LogP contribution in [0.3, 0.4) is 0 Å². The van der Waals surface area contributed by atoms with Crippen molar-refractivity contribution in [2.24, 2.45) is 0 Å². The molecule has 2 heterocycles. The fourth-order valence-electron chi connectivity index (χ4n) is 2.94. The van der Waals surface area contributed by atoms with Crippen LogP contribution in [0.15, 0.2) is 73.1 Å². The summed E-state index contributed by atoms with van der Waals surface area (Å²) < 4.78 is 0. The molecule has 0 saturated carbocycles. The third-order valence-electron chi connectivity index (χ3n) is 4.47. The molecular weight excluding hydrogens is 482 g/mol. The number of carbonyl (C=O) groups is 2. The zero-order chi connectivity index (χ0) is 20.8. The second kappa shape index (κ2) is 13.9. The van der Waals surface area contributed by atoms with Gasteiger partial charge in [0.05, 0.1) is 23.7 Å². The number of hydroxylamine groups is 2. The van der Waals surface area contributed by atoms with Gasteiger partial charge in [-0.25, -0.2) is 5.06 Å². The fourth-order valence-corrected chi connectivity index (χ4v) is 2.94. The second-order valence-electron chi connectivity index (χ2n) is 6.29. The average Bonchev–Trinajstić information content (AvgIpc) is 2.77. The maximum absolute atomic E-state index is 12.0. The Morgan fingerprint density at radius 2 is 1.25 bits per heavy atom. The number of hydrogen-bond donors (Lipinski definition) is 0. The number of amides is 1. The van der Waals surface area contributed by atoms with E-state index in [1.807, 2.05) is 48.5 Å². The molecule has 0 fully saturated rings. The molecule has 0 aliphatic heterocycles. The van der Waals surface area contributed by atoms with Gasteiger partial charge in [-0.2, -0.15) is 0 Å². The van der Waals surface area contributed by atoms with Crippen LogP contribution in [0.5, 0.6) is 0 Å². The van der Waals surface area contributed by atoms with E-state index in [9.17, 15) is 9.59 Å². The Morgan fingerprint density at radius 1 is 0.812 bits per heavy atom. The van der Waals surface area contributed by atoms with Gasteiger partial charge in [0.25, 0.3) is 5.91 Å². The van der Waals surface area contributed by atoms with E-state index in [0.29, 0.717) is 5.56 Å². The number of carbonyl (C=O) groups excluding carboxylic acids is 2. The topological polar surface area (TPSA) is 72.4 Å². The minimum atomic E-state index is -0.180. The normalized spacial score (nSPS) is 9.34. The molecule has 2 aromatic carbocycles. The number of pyridine rings is 2. The van der Waals surface area contributed by atoms with E-state index in [1.54, 1.807) is 38.5 Å². The number of nitrogens with zero attached hydrogens (tertiary/aromatic N) is 3. The quantitative estimate of drug-likeness (QED) is 0.182. The molecule has 0 saturated heterocycles. The number of aromatic nitrogens is 2. The summed E-state index contributed by atoms with van der Waals surface area (Å²) in [6.45, 7) is 1.57. The number of rotatable bonds is 3. The first kappa shape index (κ1) is 29.6. The predicted octanol–water partition coefficient (Wildman–Crippen LogP) is 1.38. The molecule has 0 N–H and O–H groups in total. The molecule has 4 aromatic rings. The first-order valence-electron chi connectivity index (χ1n) is 9.03. The molecule has 4 rings (SSSR count). The SMILES string of the molecule is CC(=O)c1ccnc2ccccc12.CON(C)C(=O)c1ccnc2ccccc12.[Br-].[CH3-].[Mg+2]. The molecule has 0 spiro atoms. The average molecular weight is 507 g/mol. The molecule has 0 atom stereocenters. The molecule has 1 amide bonds. The number of hydrogen-bond acceptors (Lipinski definition) is 5. The molecule has 0 unspecified atom stereocenters. The van der Waals surface area contributed by atoms with Crippen LogP contribution in [-0.2, 0) is 4.84 Å². The van der Waals surface area contributed by atoms with E-state index in [1.165, 1.54) is 12.2 Å². The predicted molar refractivity (Wildman–Crippen MR) is 125 cm³/mol.